The number of oxime groups is 1. The Morgan fingerprint density at radius 3 is 2.68 bits per heavy atom. The zero-order valence-electron chi connectivity index (χ0n) is 10.6. The van der Waals surface area contributed by atoms with Gasteiger partial charge in [-0.15, -0.1) is 0 Å². The third-order valence-corrected chi connectivity index (χ3v) is 2.12. The van der Waals surface area contributed by atoms with Crippen molar-refractivity contribution >= 4 is 18.1 Å². The van der Waals surface area contributed by atoms with E-state index in [2.05, 4.69) is 5.16 Å². The van der Waals surface area contributed by atoms with Crippen molar-refractivity contribution in [3.05, 3.63) is 35.9 Å². The first-order valence-electron chi connectivity index (χ1n) is 5.76. The third-order valence-electron chi connectivity index (χ3n) is 2.12. The Balaban J connectivity index is 2.25. The predicted octanol–water partition coefficient (Wildman–Crippen LogP) is 0.996. The first-order chi connectivity index (χ1) is 9.08. The second kappa shape index (κ2) is 7.86. The number of benzene rings is 1. The van der Waals surface area contributed by atoms with Crippen molar-refractivity contribution in [3.8, 4) is 0 Å². The van der Waals surface area contributed by atoms with Gasteiger partial charge in [-0.05, 0) is 12.5 Å². The minimum Gasteiger partial charge on any atom is -0.461 e. The van der Waals surface area contributed by atoms with E-state index in [0.717, 1.165) is 11.8 Å². The summed E-state index contributed by atoms with van der Waals surface area (Å²) in [5.74, 6) is -1.11. The average Bonchev–Trinajstić information content (AvgIpc) is 2.37. The molecule has 6 heteroatoms. The van der Waals surface area contributed by atoms with Crippen molar-refractivity contribution in [1.29, 1.82) is 0 Å². The maximum Gasteiger partial charge on any atom is 0.309 e. The summed E-state index contributed by atoms with van der Waals surface area (Å²) in [6, 6.07) is 9.35. The molecule has 0 radical (unpaired) electrons. The van der Waals surface area contributed by atoms with E-state index in [1.54, 1.807) is 6.92 Å². The van der Waals surface area contributed by atoms with Crippen LogP contribution in [0.25, 0.3) is 0 Å². The van der Waals surface area contributed by atoms with E-state index >= 15 is 0 Å². The molecule has 0 spiro atoms. The summed E-state index contributed by atoms with van der Waals surface area (Å²) in [4.78, 5) is 26.7. The van der Waals surface area contributed by atoms with Crippen LogP contribution in [-0.2, 0) is 25.8 Å². The van der Waals surface area contributed by atoms with Gasteiger partial charge in [0.2, 0.25) is 0 Å². The molecule has 0 aliphatic rings. The van der Waals surface area contributed by atoms with Gasteiger partial charge in [0.15, 0.2) is 0 Å². The van der Waals surface area contributed by atoms with E-state index in [4.69, 9.17) is 15.3 Å². The average molecular weight is 264 g/mol. The summed E-state index contributed by atoms with van der Waals surface area (Å²) < 4.78 is 5.06. The van der Waals surface area contributed by atoms with Crippen molar-refractivity contribution in [1.82, 2.24) is 0 Å². The maximum atomic E-state index is 11.5. The Labute approximate surface area is 111 Å². The van der Waals surface area contributed by atoms with Crippen LogP contribution in [0, 0.1) is 0 Å². The maximum absolute atomic E-state index is 11.5. The van der Waals surface area contributed by atoms with Crippen molar-refractivity contribution in [2.45, 2.75) is 26.1 Å². The Hall–Kier alpha value is -2.37. The molecule has 1 unspecified atom stereocenters. The standard InChI is InChI=1S/C13H16N2O4/c1-10(19-15-8-12(14)16)7-13(17)18-9-11-5-3-2-4-6-11/h2-6,8,10H,7,9H2,1H3,(H2,14,16). The number of carbonyl (C=O) groups is 2. The number of nitrogens with two attached hydrogens (primary N) is 1. The largest absolute Gasteiger partial charge is 0.461 e. The molecule has 1 aromatic carbocycles. The van der Waals surface area contributed by atoms with Crippen molar-refractivity contribution in [3.63, 3.8) is 0 Å². The Morgan fingerprint density at radius 2 is 2.05 bits per heavy atom. The summed E-state index contributed by atoms with van der Waals surface area (Å²) in [5.41, 5.74) is 5.75. The van der Waals surface area contributed by atoms with Gasteiger partial charge >= 0.3 is 5.97 Å². The lowest BCUT2D eigenvalue weighted by Gasteiger charge is -2.09. The molecule has 2 N–H and O–H groups in total. The number of ether oxygens (including phenoxy) is 1. The molecule has 0 saturated heterocycles. The fourth-order valence-electron chi connectivity index (χ4n) is 1.26. The molecular formula is C13H16N2O4. The first-order valence-corrected chi connectivity index (χ1v) is 5.76. The molecule has 19 heavy (non-hydrogen) atoms. The summed E-state index contributed by atoms with van der Waals surface area (Å²) in [5, 5.41) is 3.33. The normalized spacial score (nSPS) is 12.1. The van der Waals surface area contributed by atoms with Gasteiger partial charge in [-0.1, -0.05) is 35.5 Å². The predicted molar refractivity (Wildman–Crippen MR) is 69.1 cm³/mol. The highest BCUT2D eigenvalue weighted by atomic mass is 16.6. The van der Waals surface area contributed by atoms with Gasteiger partial charge in [-0.2, -0.15) is 0 Å². The van der Waals surface area contributed by atoms with Crippen LogP contribution in [0.4, 0.5) is 0 Å². The van der Waals surface area contributed by atoms with Crippen LogP contribution in [0.2, 0.25) is 0 Å². The molecular weight excluding hydrogens is 248 g/mol. The molecule has 0 aliphatic heterocycles. The minimum atomic E-state index is -0.709. The molecule has 0 bridgehead atoms. The lowest BCUT2D eigenvalue weighted by atomic mass is 10.2. The van der Waals surface area contributed by atoms with Crippen LogP contribution in [-0.4, -0.2) is 24.2 Å². The van der Waals surface area contributed by atoms with Gasteiger partial charge in [0, 0.05) is 0 Å². The number of nitrogens with zero attached hydrogens (tertiary/aromatic N) is 1. The topological polar surface area (TPSA) is 91.0 Å². The van der Waals surface area contributed by atoms with Crippen LogP contribution in [0.15, 0.2) is 35.5 Å². The zero-order valence-corrected chi connectivity index (χ0v) is 10.6. The van der Waals surface area contributed by atoms with Gasteiger partial charge in [-0.25, -0.2) is 0 Å². The molecule has 6 nitrogen and oxygen atoms in total. The first kappa shape index (κ1) is 14.7. The van der Waals surface area contributed by atoms with Gasteiger partial charge in [0.25, 0.3) is 5.91 Å². The van der Waals surface area contributed by atoms with E-state index in [-0.39, 0.29) is 13.0 Å². The van der Waals surface area contributed by atoms with E-state index in [1.807, 2.05) is 30.3 Å². The molecule has 0 fully saturated rings. The van der Waals surface area contributed by atoms with Crippen LogP contribution >= 0.6 is 0 Å². The number of primary amides is 1. The van der Waals surface area contributed by atoms with Crippen LogP contribution < -0.4 is 5.73 Å². The third kappa shape index (κ3) is 6.82. The lowest BCUT2D eigenvalue weighted by Crippen LogP contribution is -2.16. The number of amides is 1. The summed E-state index contributed by atoms with van der Waals surface area (Å²) >= 11 is 0. The SMILES string of the molecule is CC(CC(=O)OCc1ccccc1)ON=CC(N)=O. The highest BCUT2D eigenvalue weighted by molar-refractivity contribution is 6.25. The highest BCUT2D eigenvalue weighted by Gasteiger charge is 2.11. The van der Waals surface area contributed by atoms with Gasteiger partial charge in [0.05, 0.1) is 6.42 Å². The van der Waals surface area contributed by atoms with E-state index in [1.165, 1.54) is 0 Å². The van der Waals surface area contributed by atoms with Gasteiger partial charge in [0.1, 0.15) is 18.9 Å². The molecule has 102 valence electrons. The Bertz CT molecular complexity index is 445. The Kier molecular flexibility index (Phi) is 6.08. The van der Waals surface area contributed by atoms with Crippen molar-refractivity contribution in [2.24, 2.45) is 10.9 Å². The minimum absolute atomic E-state index is 0.0446. The number of carbonyl (C=O) groups excluding carboxylic acids is 2. The van der Waals surface area contributed by atoms with Crippen LogP contribution in [0.5, 0.6) is 0 Å². The van der Waals surface area contributed by atoms with Crippen LogP contribution in [0.3, 0.4) is 0 Å². The summed E-state index contributed by atoms with van der Waals surface area (Å²) in [7, 11) is 0. The quantitative estimate of drug-likeness (QED) is 0.452. The fraction of sp³-hybridized carbons (Fsp3) is 0.308. The second-order valence-corrected chi connectivity index (χ2v) is 3.90. The van der Waals surface area contributed by atoms with Gasteiger partial charge < -0.3 is 15.3 Å². The summed E-state index contributed by atoms with van der Waals surface area (Å²) in [6.45, 7) is 1.86. The van der Waals surface area contributed by atoms with Crippen molar-refractivity contribution in [2.75, 3.05) is 0 Å². The molecule has 0 aromatic heterocycles. The zero-order chi connectivity index (χ0) is 14.1. The molecule has 1 atom stereocenters. The molecule has 0 aliphatic carbocycles. The highest BCUT2D eigenvalue weighted by Crippen LogP contribution is 2.04. The molecule has 1 aromatic rings. The van der Waals surface area contributed by atoms with Crippen LogP contribution in [0.1, 0.15) is 18.9 Å². The second-order valence-electron chi connectivity index (χ2n) is 3.90. The Morgan fingerprint density at radius 1 is 1.37 bits per heavy atom. The van der Waals surface area contributed by atoms with E-state index < -0.39 is 18.0 Å². The number of rotatable bonds is 7. The van der Waals surface area contributed by atoms with E-state index in [0.29, 0.717) is 0 Å². The lowest BCUT2D eigenvalue weighted by molar-refractivity contribution is -0.147. The summed E-state index contributed by atoms with van der Waals surface area (Å²) in [6.07, 6.45) is 0.397. The smallest absolute Gasteiger partial charge is 0.309 e. The molecule has 0 heterocycles. The number of esters is 1. The molecule has 1 amide bonds. The fourth-order valence-corrected chi connectivity index (χ4v) is 1.26. The number of hydrogen-bond acceptors (Lipinski definition) is 5. The van der Waals surface area contributed by atoms with Gasteiger partial charge in [-0.3, -0.25) is 9.59 Å². The molecule has 0 saturated carbocycles. The number of hydrogen-bond donors (Lipinski definition) is 1. The van der Waals surface area contributed by atoms with E-state index in [9.17, 15) is 9.59 Å². The molecule has 1 rings (SSSR count). The monoisotopic (exact) mass is 264 g/mol. The van der Waals surface area contributed by atoms with Crippen molar-refractivity contribution < 1.29 is 19.2 Å².